The Hall–Kier alpha value is -0.120. The van der Waals surface area contributed by atoms with Gasteiger partial charge < -0.3 is 0 Å². The lowest BCUT2D eigenvalue weighted by Crippen LogP contribution is -2.29. The van der Waals surface area contributed by atoms with Crippen LogP contribution < -0.4 is 0 Å². The Morgan fingerprint density at radius 3 is 2.58 bits per heavy atom. The third-order valence-corrected chi connectivity index (χ3v) is 4.24. The molecule has 12 heavy (non-hydrogen) atoms. The summed E-state index contributed by atoms with van der Waals surface area (Å²) in [6, 6.07) is 0. The molecule has 0 aliphatic carbocycles. The van der Waals surface area contributed by atoms with Crippen LogP contribution in [0.5, 0.6) is 0 Å². The highest BCUT2D eigenvalue weighted by atomic mass is 32.2. The smallest absolute Gasteiger partial charge is 0.153 e. The Balaban J connectivity index is 2.84. The minimum atomic E-state index is -3.11. The molecule has 1 aliphatic rings. The van der Waals surface area contributed by atoms with Crippen LogP contribution >= 0.6 is 0 Å². The maximum Gasteiger partial charge on any atom is 0.153 e. The third-order valence-electron chi connectivity index (χ3n) is 2.52. The molecular formula is C8H15FO2S. The molecule has 1 heterocycles. The highest BCUT2D eigenvalue weighted by molar-refractivity contribution is 7.91. The van der Waals surface area contributed by atoms with Crippen LogP contribution in [0.3, 0.4) is 0 Å². The summed E-state index contributed by atoms with van der Waals surface area (Å²) in [6.07, 6.45) is 0.0494. The predicted molar refractivity (Wildman–Crippen MR) is 46.6 cm³/mol. The third kappa shape index (κ3) is 2.19. The Labute approximate surface area is 73.1 Å². The highest BCUT2D eigenvalue weighted by Crippen LogP contribution is 2.33. The second kappa shape index (κ2) is 2.98. The van der Waals surface area contributed by atoms with Crippen LogP contribution in [0.25, 0.3) is 0 Å². The fourth-order valence-corrected chi connectivity index (χ4v) is 3.08. The summed E-state index contributed by atoms with van der Waals surface area (Å²) >= 11 is 0. The van der Waals surface area contributed by atoms with E-state index in [1.54, 1.807) is 13.8 Å². The van der Waals surface area contributed by atoms with E-state index in [-0.39, 0.29) is 11.5 Å². The molecule has 2 nitrogen and oxygen atoms in total. The molecule has 72 valence electrons. The maximum atomic E-state index is 13.3. The average molecular weight is 194 g/mol. The van der Waals surface area contributed by atoms with Crippen LogP contribution in [0.4, 0.5) is 4.39 Å². The van der Waals surface area contributed by atoms with Crippen molar-refractivity contribution in [2.24, 2.45) is 5.41 Å². The van der Waals surface area contributed by atoms with Gasteiger partial charge in [0.05, 0.1) is 11.5 Å². The lowest BCUT2D eigenvalue weighted by Gasteiger charge is -2.25. The summed E-state index contributed by atoms with van der Waals surface area (Å²) in [5, 5.41) is 0. The van der Waals surface area contributed by atoms with E-state index >= 15 is 0 Å². The first-order valence-corrected chi connectivity index (χ1v) is 6.00. The molecule has 0 aromatic carbocycles. The molecule has 0 spiro atoms. The monoisotopic (exact) mass is 194 g/mol. The van der Waals surface area contributed by atoms with Crippen LogP contribution in [0, 0.1) is 5.41 Å². The number of alkyl halides is 1. The zero-order valence-electron chi connectivity index (χ0n) is 7.51. The molecule has 1 atom stereocenters. The minimum absolute atomic E-state index is 0.150. The van der Waals surface area contributed by atoms with Crippen molar-refractivity contribution in [3.05, 3.63) is 0 Å². The average Bonchev–Trinajstić information content (AvgIpc) is 1.90. The molecule has 0 aromatic heterocycles. The molecule has 0 saturated carbocycles. The van der Waals surface area contributed by atoms with Crippen molar-refractivity contribution < 1.29 is 12.8 Å². The molecule has 1 rings (SSSR count). The fourth-order valence-electron chi connectivity index (χ4n) is 1.44. The first kappa shape index (κ1) is 9.96. The van der Waals surface area contributed by atoms with Gasteiger partial charge in [-0.15, -0.1) is 0 Å². The molecule has 0 N–H and O–H groups in total. The topological polar surface area (TPSA) is 34.1 Å². The molecule has 0 aromatic rings. The Kier molecular flexibility index (Phi) is 2.47. The minimum Gasteiger partial charge on any atom is -0.246 e. The van der Waals surface area contributed by atoms with E-state index in [1.165, 1.54) is 0 Å². The van der Waals surface area contributed by atoms with E-state index in [2.05, 4.69) is 0 Å². The predicted octanol–water partition coefficient (Wildman–Crippen LogP) is 1.56. The lowest BCUT2D eigenvalue weighted by atomic mass is 9.84. The quantitative estimate of drug-likeness (QED) is 0.586. The number of rotatable bonds is 0. The van der Waals surface area contributed by atoms with Crippen LogP contribution in [0.2, 0.25) is 0 Å². The summed E-state index contributed by atoms with van der Waals surface area (Å²) in [6.45, 7) is 3.58. The molecule has 0 radical (unpaired) electrons. The molecule has 1 saturated heterocycles. The molecule has 4 heteroatoms. The summed E-state index contributed by atoms with van der Waals surface area (Å²) in [5.74, 6) is -0.142. The zero-order chi connectivity index (χ0) is 9.41. The summed E-state index contributed by atoms with van der Waals surface area (Å²) in [5.41, 5.74) is -0.469. The number of sulfone groups is 1. The summed E-state index contributed by atoms with van der Waals surface area (Å²) in [7, 11) is -3.11. The molecule has 1 fully saturated rings. The number of hydrogen-bond acceptors (Lipinski definition) is 2. The highest BCUT2D eigenvalue weighted by Gasteiger charge is 2.36. The second-order valence-electron chi connectivity index (χ2n) is 4.17. The van der Waals surface area contributed by atoms with Crippen LogP contribution in [-0.2, 0) is 9.84 Å². The molecule has 1 unspecified atom stereocenters. The van der Waals surface area contributed by atoms with Gasteiger partial charge in [-0.3, -0.25) is 0 Å². The van der Waals surface area contributed by atoms with Crippen LogP contribution in [0.15, 0.2) is 0 Å². The van der Waals surface area contributed by atoms with Crippen molar-refractivity contribution in [3.8, 4) is 0 Å². The molecule has 0 bridgehead atoms. The first-order valence-electron chi connectivity index (χ1n) is 4.18. The van der Waals surface area contributed by atoms with Crippen molar-refractivity contribution >= 4 is 9.84 Å². The normalized spacial score (nSPS) is 34.1. The number of hydrogen-bond donors (Lipinski definition) is 0. The Morgan fingerprint density at radius 1 is 1.42 bits per heavy atom. The fraction of sp³-hybridized carbons (Fsp3) is 1.00. The van der Waals surface area contributed by atoms with Crippen LogP contribution in [0.1, 0.15) is 26.7 Å². The van der Waals surface area contributed by atoms with Crippen molar-refractivity contribution in [2.75, 3.05) is 11.5 Å². The van der Waals surface area contributed by atoms with E-state index in [9.17, 15) is 12.8 Å². The molecular weight excluding hydrogens is 179 g/mol. The van der Waals surface area contributed by atoms with Gasteiger partial charge in [0.2, 0.25) is 0 Å². The molecule has 0 amide bonds. The van der Waals surface area contributed by atoms with Gasteiger partial charge in [-0.1, -0.05) is 13.8 Å². The summed E-state index contributed by atoms with van der Waals surface area (Å²) < 4.78 is 35.6. The van der Waals surface area contributed by atoms with E-state index in [4.69, 9.17) is 0 Å². The van der Waals surface area contributed by atoms with Crippen molar-refractivity contribution in [1.29, 1.82) is 0 Å². The van der Waals surface area contributed by atoms with Gasteiger partial charge in [0.1, 0.15) is 6.17 Å². The Bertz CT molecular complexity index is 256. The van der Waals surface area contributed by atoms with Gasteiger partial charge in [-0.25, -0.2) is 12.8 Å². The SMILES string of the molecule is CC1(C)CCCS(=O)(=O)CC1F. The Morgan fingerprint density at radius 2 is 2.00 bits per heavy atom. The van der Waals surface area contributed by atoms with Crippen molar-refractivity contribution in [2.45, 2.75) is 32.9 Å². The van der Waals surface area contributed by atoms with Gasteiger partial charge in [0.25, 0.3) is 0 Å². The van der Waals surface area contributed by atoms with Gasteiger partial charge in [0.15, 0.2) is 9.84 Å². The second-order valence-corrected chi connectivity index (χ2v) is 6.40. The van der Waals surface area contributed by atoms with Gasteiger partial charge in [-0.2, -0.15) is 0 Å². The number of halogens is 1. The van der Waals surface area contributed by atoms with Gasteiger partial charge in [0, 0.05) is 0 Å². The lowest BCUT2D eigenvalue weighted by molar-refractivity contribution is 0.155. The van der Waals surface area contributed by atoms with E-state index < -0.39 is 21.4 Å². The van der Waals surface area contributed by atoms with Crippen molar-refractivity contribution in [3.63, 3.8) is 0 Å². The van der Waals surface area contributed by atoms with Gasteiger partial charge in [-0.05, 0) is 18.3 Å². The van der Waals surface area contributed by atoms with E-state index in [1.807, 2.05) is 0 Å². The van der Waals surface area contributed by atoms with E-state index in [0.717, 1.165) is 0 Å². The first-order chi connectivity index (χ1) is 5.33. The van der Waals surface area contributed by atoms with Crippen LogP contribution in [-0.4, -0.2) is 26.1 Å². The summed E-state index contributed by atoms with van der Waals surface area (Å²) in [4.78, 5) is 0. The molecule has 1 aliphatic heterocycles. The largest absolute Gasteiger partial charge is 0.246 e. The van der Waals surface area contributed by atoms with Crippen molar-refractivity contribution in [1.82, 2.24) is 0 Å². The maximum absolute atomic E-state index is 13.3. The van der Waals surface area contributed by atoms with Gasteiger partial charge >= 0.3 is 0 Å². The van der Waals surface area contributed by atoms with E-state index in [0.29, 0.717) is 12.8 Å². The zero-order valence-corrected chi connectivity index (χ0v) is 8.32. The standard InChI is InChI=1S/C8H15FO2S/c1-8(2)4-3-5-12(10,11)6-7(8)9/h7H,3-6H2,1-2H3.